The normalized spacial score (nSPS) is 11.6. The minimum absolute atomic E-state index is 0.113. The molecule has 0 spiro atoms. The van der Waals surface area contributed by atoms with Gasteiger partial charge in [0.15, 0.2) is 6.61 Å². The van der Waals surface area contributed by atoms with Crippen LogP contribution in [0.1, 0.15) is 36.1 Å². The van der Waals surface area contributed by atoms with Crippen LogP contribution in [-0.4, -0.2) is 35.9 Å². The molecule has 150 valence electrons. The molecule has 5 nitrogen and oxygen atoms in total. The molecule has 0 bridgehead atoms. The van der Waals surface area contributed by atoms with Gasteiger partial charge in [0.05, 0.1) is 0 Å². The summed E-state index contributed by atoms with van der Waals surface area (Å²) in [7, 11) is 0. The monoisotopic (exact) mass is 382 g/mol. The number of likely N-dealkylation sites (N-methyl/N-ethyl adjacent to an activating group) is 1. The largest absolute Gasteiger partial charge is 0.484 e. The Labute approximate surface area is 167 Å². The lowest BCUT2D eigenvalue weighted by atomic mass is 10.1. The van der Waals surface area contributed by atoms with E-state index in [0.717, 1.165) is 16.7 Å². The second kappa shape index (κ2) is 9.93. The van der Waals surface area contributed by atoms with E-state index >= 15 is 0 Å². The van der Waals surface area contributed by atoms with E-state index in [1.807, 2.05) is 70.2 Å². The van der Waals surface area contributed by atoms with E-state index in [9.17, 15) is 9.59 Å². The van der Waals surface area contributed by atoms with Gasteiger partial charge in [-0.25, -0.2) is 0 Å². The Morgan fingerprint density at radius 1 is 1.07 bits per heavy atom. The summed E-state index contributed by atoms with van der Waals surface area (Å²) >= 11 is 0. The van der Waals surface area contributed by atoms with Crippen molar-refractivity contribution < 1.29 is 14.3 Å². The van der Waals surface area contributed by atoms with Crippen LogP contribution < -0.4 is 10.1 Å². The van der Waals surface area contributed by atoms with E-state index in [2.05, 4.69) is 5.32 Å². The number of nitrogens with zero attached hydrogens (tertiary/aromatic N) is 1. The molecule has 0 aromatic heterocycles. The second-order valence-electron chi connectivity index (χ2n) is 7.12. The van der Waals surface area contributed by atoms with Crippen LogP contribution in [0.25, 0.3) is 0 Å². The van der Waals surface area contributed by atoms with Gasteiger partial charge in [-0.1, -0.05) is 35.9 Å². The highest BCUT2D eigenvalue weighted by atomic mass is 16.5. The zero-order valence-electron chi connectivity index (χ0n) is 17.4. The van der Waals surface area contributed by atoms with Crippen molar-refractivity contribution in [2.45, 2.75) is 47.2 Å². The number of ether oxygens (including phenoxy) is 1. The molecule has 0 saturated carbocycles. The Hall–Kier alpha value is -2.82. The smallest absolute Gasteiger partial charge is 0.261 e. The quantitative estimate of drug-likeness (QED) is 0.760. The SMILES string of the molecule is CCNC(=O)[C@@H](C)N(Cc1cccc(C)c1)C(=O)COc1ccc(C)c(C)c1. The first-order valence-corrected chi connectivity index (χ1v) is 9.64. The molecule has 0 radical (unpaired) electrons. The Balaban J connectivity index is 2.15. The van der Waals surface area contributed by atoms with E-state index in [4.69, 9.17) is 4.74 Å². The van der Waals surface area contributed by atoms with Gasteiger partial charge in [0, 0.05) is 13.1 Å². The van der Waals surface area contributed by atoms with E-state index in [0.29, 0.717) is 18.8 Å². The number of hydrogen-bond donors (Lipinski definition) is 1. The van der Waals surface area contributed by atoms with Crippen molar-refractivity contribution in [1.29, 1.82) is 0 Å². The lowest BCUT2D eigenvalue weighted by Gasteiger charge is -2.28. The van der Waals surface area contributed by atoms with Gasteiger partial charge in [0.25, 0.3) is 5.91 Å². The molecule has 0 aliphatic heterocycles. The lowest BCUT2D eigenvalue weighted by Crippen LogP contribution is -2.49. The zero-order chi connectivity index (χ0) is 20.7. The number of nitrogens with one attached hydrogen (secondary N) is 1. The summed E-state index contributed by atoms with van der Waals surface area (Å²) in [4.78, 5) is 26.9. The summed E-state index contributed by atoms with van der Waals surface area (Å²) < 4.78 is 5.71. The standard InChI is InChI=1S/C23H30N2O3/c1-6-24-23(27)19(5)25(14-20-9-7-8-16(2)12-20)22(26)15-28-21-11-10-17(3)18(4)13-21/h7-13,19H,6,14-15H2,1-5H3,(H,24,27)/t19-/m1/s1. The zero-order valence-corrected chi connectivity index (χ0v) is 17.4. The molecule has 1 atom stereocenters. The highest BCUT2D eigenvalue weighted by Gasteiger charge is 2.26. The summed E-state index contributed by atoms with van der Waals surface area (Å²) in [5, 5.41) is 2.79. The molecule has 2 aromatic carbocycles. The van der Waals surface area contributed by atoms with Crippen molar-refractivity contribution >= 4 is 11.8 Å². The maximum atomic E-state index is 12.9. The highest BCUT2D eigenvalue weighted by molar-refractivity contribution is 5.87. The molecule has 2 rings (SSSR count). The van der Waals surface area contributed by atoms with Gasteiger partial charge in [-0.05, 0) is 63.4 Å². The number of aryl methyl sites for hydroxylation is 3. The van der Waals surface area contributed by atoms with Crippen LogP contribution >= 0.6 is 0 Å². The Morgan fingerprint density at radius 2 is 1.82 bits per heavy atom. The third-order valence-electron chi connectivity index (χ3n) is 4.79. The number of rotatable bonds is 8. The van der Waals surface area contributed by atoms with Crippen LogP contribution in [0.5, 0.6) is 5.75 Å². The number of benzene rings is 2. The molecule has 0 fully saturated rings. The fraction of sp³-hybridized carbons (Fsp3) is 0.391. The van der Waals surface area contributed by atoms with Crippen LogP contribution in [0.15, 0.2) is 42.5 Å². The molecule has 0 aliphatic carbocycles. The molecule has 5 heteroatoms. The minimum Gasteiger partial charge on any atom is -0.484 e. The van der Waals surface area contributed by atoms with Gasteiger partial charge in [0.1, 0.15) is 11.8 Å². The van der Waals surface area contributed by atoms with E-state index in [1.54, 1.807) is 11.8 Å². The summed E-state index contributed by atoms with van der Waals surface area (Å²) in [6, 6.07) is 13.1. The third-order valence-corrected chi connectivity index (χ3v) is 4.79. The molecule has 0 aliphatic rings. The summed E-state index contributed by atoms with van der Waals surface area (Å²) in [5.74, 6) is 0.255. The van der Waals surface area contributed by atoms with Crippen LogP contribution in [0.4, 0.5) is 0 Å². The first kappa shape index (κ1) is 21.5. The topological polar surface area (TPSA) is 58.6 Å². The number of carbonyl (C=O) groups excluding carboxylic acids is 2. The van der Waals surface area contributed by atoms with Crippen molar-refractivity contribution in [3.8, 4) is 5.75 Å². The van der Waals surface area contributed by atoms with E-state index in [-0.39, 0.29) is 18.4 Å². The first-order valence-electron chi connectivity index (χ1n) is 9.64. The molecule has 1 N–H and O–H groups in total. The van der Waals surface area contributed by atoms with Crippen LogP contribution in [-0.2, 0) is 16.1 Å². The molecule has 0 unspecified atom stereocenters. The van der Waals surface area contributed by atoms with Gasteiger partial charge in [-0.2, -0.15) is 0 Å². The third kappa shape index (κ3) is 5.84. The van der Waals surface area contributed by atoms with Crippen LogP contribution in [0.2, 0.25) is 0 Å². The lowest BCUT2D eigenvalue weighted by molar-refractivity contribution is -0.142. The molecule has 2 aromatic rings. The minimum atomic E-state index is -0.587. The average Bonchev–Trinajstić information content (AvgIpc) is 2.66. The molecular weight excluding hydrogens is 352 g/mol. The maximum absolute atomic E-state index is 12.9. The van der Waals surface area contributed by atoms with Crippen molar-refractivity contribution in [2.75, 3.05) is 13.2 Å². The van der Waals surface area contributed by atoms with E-state index < -0.39 is 6.04 Å². The van der Waals surface area contributed by atoms with Gasteiger partial charge in [0.2, 0.25) is 5.91 Å². The Morgan fingerprint density at radius 3 is 2.46 bits per heavy atom. The van der Waals surface area contributed by atoms with Crippen molar-refractivity contribution in [2.24, 2.45) is 0 Å². The molecule has 2 amide bonds. The fourth-order valence-corrected chi connectivity index (χ4v) is 2.94. The fourth-order valence-electron chi connectivity index (χ4n) is 2.94. The Bertz CT molecular complexity index is 832. The van der Waals surface area contributed by atoms with E-state index in [1.165, 1.54) is 5.56 Å². The number of carbonyl (C=O) groups is 2. The van der Waals surface area contributed by atoms with Crippen molar-refractivity contribution in [1.82, 2.24) is 10.2 Å². The van der Waals surface area contributed by atoms with Gasteiger partial charge >= 0.3 is 0 Å². The van der Waals surface area contributed by atoms with Gasteiger partial charge < -0.3 is 15.0 Å². The van der Waals surface area contributed by atoms with Crippen molar-refractivity contribution in [3.05, 3.63) is 64.7 Å². The molecule has 28 heavy (non-hydrogen) atoms. The average molecular weight is 383 g/mol. The summed E-state index contributed by atoms with van der Waals surface area (Å²) in [6.07, 6.45) is 0. The predicted molar refractivity (Wildman–Crippen MR) is 111 cm³/mol. The second-order valence-corrected chi connectivity index (χ2v) is 7.12. The molecule has 0 heterocycles. The predicted octanol–water partition coefficient (Wildman–Crippen LogP) is 3.54. The first-order chi connectivity index (χ1) is 13.3. The van der Waals surface area contributed by atoms with Crippen LogP contribution in [0, 0.1) is 20.8 Å². The van der Waals surface area contributed by atoms with Gasteiger partial charge in [-0.3, -0.25) is 9.59 Å². The molecule has 0 saturated heterocycles. The van der Waals surface area contributed by atoms with Gasteiger partial charge in [-0.15, -0.1) is 0 Å². The Kier molecular flexibility index (Phi) is 7.61. The highest BCUT2D eigenvalue weighted by Crippen LogP contribution is 2.17. The number of hydrogen-bond acceptors (Lipinski definition) is 3. The van der Waals surface area contributed by atoms with Crippen LogP contribution in [0.3, 0.4) is 0 Å². The number of amides is 2. The van der Waals surface area contributed by atoms with Crippen molar-refractivity contribution in [3.63, 3.8) is 0 Å². The summed E-state index contributed by atoms with van der Waals surface area (Å²) in [6.45, 7) is 10.4. The summed E-state index contributed by atoms with van der Waals surface area (Å²) in [5.41, 5.74) is 4.37. The molecular formula is C23H30N2O3. The maximum Gasteiger partial charge on any atom is 0.261 e.